The fraction of sp³-hybridized carbons (Fsp3) is 0.455. The Labute approximate surface area is 92.3 Å². The van der Waals surface area contributed by atoms with E-state index in [1.54, 1.807) is 6.20 Å². The smallest absolute Gasteiger partial charge is 0.0968 e. The van der Waals surface area contributed by atoms with Crippen molar-refractivity contribution in [2.75, 3.05) is 0 Å². The van der Waals surface area contributed by atoms with Crippen molar-refractivity contribution >= 4 is 0 Å². The topological polar surface area (TPSA) is 62.1 Å². The van der Waals surface area contributed by atoms with E-state index in [2.05, 4.69) is 36.0 Å². The zero-order chi connectivity index (χ0) is 11.8. The van der Waals surface area contributed by atoms with E-state index in [4.69, 9.17) is 5.73 Å². The molecule has 0 bridgehead atoms. The maximum absolute atomic E-state index is 5.84. The first-order chi connectivity index (χ1) is 7.01. The van der Waals surface area contributed by atoms with Gasteiger partial charge in [0.2, 0.25) is 0 Å². The van der Waals surface area contributed by atoms with Gasteiger partial charge in [0.25, 0.3) is 0 Å². The Morgan fingerprint density at radius 2 is 2.07 bits per heavy atom. The second-order valence-electron chi connectivity index (χ2n) is 3.38. The Morgan fingerprint density at radius 3 is 2.53 bits per heavy atom. The molecule has 0 aromatic carbocycles. The van der Waals surface area contributed by atoms with E-state index in [0.717, 1.165) is 12.0 Å². The van der Waals surface area contributed by atoms with Crippen LogP contribution in [-0.4, -0.2) is 6.17 Å². The number of nitrogens with two attached hydrogens (primary N) is 1. The van der Waals surface area contributed by atoms with Gasteiger partial charge < -0.3 is 21.7 Å². The van der Waals surface area contributed by atoms with E-state index in [-0.39, 0.29) is 6.17 Å². The van der Waals surface area contributed by atoms with Crippen LogP contribution in [0.5, 0.6) is 0 Å². The summed E-state index contributed by atoms with van der Waals surface area (Å²) in [5.74, 6) is 1.40. The highest BCUT2D eigenvalue weighted by Crippen LogP contribution is 2.00. The maximum atomic E-state index is 5.84. The number of hydrogen-bond acceptors (Lipinski definition) is 4. The van der Waals surface area contributed by atoms with E-state index < -0.39 is 0 Å². The lowest BCUT2D eigenvalue weighted by molar-refractivity contribution is 0.523. The van der Waals surface area contributed by atoms with E-state index in [0.29, 0.717) is 11.6 Å². The van der Waals surface area contributed by atoms with Crippen molar-refractivity contribution in [3.05, 3.63) is 36.6 Å². The minimum absolute atomic E-state index is 0.0199. The largest absolute Gasteiger partial charge is 0.386 e. The molecule has 4 heteroatoms. The highest BCUT2D eigenvalue weighted by molar-refractivity contribution is 5.07. The number of allylic oxidation sites excluding steroid dienone is 1. The van der Waals surface area contributed by atoms with Crippen molar-refractivity contribution in [3.8, 4) is 0 Å². The SMILES string of the molecule is C=CNC(=C)NC(C)N/C(N)=C(/C)CC. The summed E-state index contributed by atoms with van der Waals surface area (Å²) >= 11 is 0. The summed E-state index contributed by atoms with van der Waals surface area (Å²) in [5, 5.41) is 9.07. The first-order valence-corrected chi connectivity index (χ1v) is 5.05. The van der Waals surface area contributed by atoms with Gasteiger partial charge in [0.15, 0.2) is 0 Å². The van der Waals surface area contributed by atoms with Gasteiger partial charge in [-0.15, -0.1) is 0 Å². The van der Waals surface area contributed by atoms with Crippen molar-refractivity contribution in [3.63, 3.8) is 0 Å². The van der Waals surface area contributed by atoms with Crippen LogP contribution in [0.1, 0.15) is 27.2 Å². The molecule has 86 valence electrons. The molecular formula is C11H22N4. The summed E-state index contributed by atoms with van der Waals surface area (Å²) in [5.41, 5.74) is 6.98. The summed E-state index contributed by atoms with van der Waals surface area (Å²) in [4.78, 5) is 0. The van der Waals surface area contributed by atoms with Crippen LogP contribution >= 0.6 is 0 Å². The third-order valence-electron chi connectivity index (χ3n) is 2.03. The van der Waals surface area contributed by atoms with Crippen molar-refractivity contribution in [1.82, 2.24) is 16.0 Å². The van der Waals surface area contributed by atoms with Gasteiger partial charge in [-0.2, -0.15) is 0 Å². The first-order valence-electron chi connectivity index (χ1n) is 5.05. The molecule has 0 aliphatic carbocycles. The highest BCUT2D eigenvalue weighted by atomic mass is 15.2. The van der Waals surface area contributed by atoms with Crippen LogP contribution < -0.4 is 21.7 Å². The monoisotopic (exact) mass is 210 g/mol. The Bertz CT molecular complexity index is 255. The number of rotatable bonds is 7. The lowest BCUT2D eigenvalue weighted by Gasteiger charge is -2.20. The van der Waals surface area contributed by atoms with Crippen molar-refractivity contribution in [2.24, 2.45) is 5.73 Å². The standard InChI is InChI=1S/C11H22N4/c1-6-8(3)11(12)15-10(5)14-9(4)13-7-2/h7,10,13-15H,2,4,6,12H2,1,3,5H3/b11-8-. The summed E-state index contributed by atoms with van der Waals surface area (Å²) in [6.07, 6.45) is 2.53. The molecule has 0 aliphatic rings. The van der Waals surface area contributed by atoms with Crippen molar-refractivity contribution in [1.29, 1.82) is 0 Å². The van der Waals surface area contributed by atoms with Crippen LogP contribution in [0.25, 0.3) is 0 Å². The fourth-order valence-corrected chi connectivity index (χ4v) is 1.01. The minimum Gasteiger partial charge on any atom is -0.386 e. The van der Waals surface area contributed by atoms with Crippen LogP contribution in [0.15, 0.2) is 36.6 Å². The predicted molar refractivity (Wildman–Crippen MR) is 65.4 cm³/mol. The molecule has 1 unspecified atom stereocenters. The second-order valence-corrected chi connectivity index (χ2v) is 3.38. The van der Waals surface area contributed by atoms with Gasteiger partial charge in [0.05, 0.1) is 17.8 Å². The van der Waals surface area contributed by atoms with Gasteiger partial charge in [-0.05, 0) is 32.0 Å². The summed E-state index contributed by atoms with van der Waals surface area (Å²) in [7, 11) is 0. The van der Waals surface area contributed by atoms with Crippen molar-refractivity contribution in [2.45, 2.75) is 33.4 Å². The Kier molecular flexibility index (Phi) is 6.09. The predicted octanol–water partition coefficient (Wildman–Crippen LogP) is 1.32. The van der Waals surface area contributed by atoms with Gasteiger partial charge in [-0.3, -0.25) is 0 Å². The molecule has 15 heavy (non-hydrogen) atoms. The van der Waals surface area contributed by atoms with E-state index in [1.807, 2.05) is 13.8 Å². The average Bonchev–Trinajstić information content (AvgIpc) is 2.16. The van der Waals surface area contributed by atoms with E-state index in [1.165, 1.54) is 0 Å². The van der Waals surface area contributed by atoms with Crippen LogP contribution in [0.2, 0.25) is 0 Å². The maximum Gasteiger partial charge on any atom is 0.0968 e. The first kappa shape index (κ1) is 13.4. The van der Waals surface area contributed by atoms with Gasteiger partial charge in [0.1, 0.15) is 0 Å². The zero-order valence-corrected chi connectivity index (χ0v) is 9.85. The quantitative estimate of drug-likeness (QED) is 0.479. The molecule has 0 fully saturated rings. The molecule has 1 atom stereocenters. The molecule has 0 aliphatic heterocycles. The Morgan fingerprint density at radius 1 is 1.47 bits per heavy atom. The minimum atomic E-state index is 0.0199. The van der Waals surface area contributed by atoms with Crippen LogP contribution in [0.4, 0.5) is 0 Å². The summed E-state index contributed by atoms with van der Waals surface area (Å²) in [6.45, 7) is 13.3. The second kappa shape index (κ2) is 6.81. The normalized spacial score (nSPS) is 13.5. The summed E-state index contributed by atoms with van der Waals surface area (Å²) in [6, 6.07) is 0. The molecule has 0 heterocycles. The van der Waals surface area contributed by atoms with Gasteiger partial charge >= 0.3 is 0 Å². The van der Waals surface area contributed by atoms with Gasteiger partial charge in [0, 0.05) is 0 Å². The number of nitrogens with one attached hydrogen (secondary N) is 3. The molecule has 0 saturated heterocycles. The molecule has 0 spiro atoms. The van der Waals surface area contributed by atoms with Crippen LogP contribution in [0, 0.1) is 0 Å². The lowest BCUT2D eigenvalue weighted by atomic mass is 10.2. The third kappa shape index (κ3) is 5.67. The van der Waals surface area contributed by atoms with Gasteiger partial charge in [-0.25, -0.2) is 0 Å². The molecule has 0 aromatic rings. The third-order valence-corrected chi connectivity index (χ3v) is 2.03. The Hall–Kier alpha value is -1.58. The van der Waals surface area contributed by atoms with Crippen molar-refractivity contribution < 1.29 is 0 Å². The average molecular weight is 210 g/mol. The van der Waals surface area contributed by atoms with E-state index >= 15 is 0 Å². The molecule has 0 saturated carbocycles. The molecule has 0 rings (SSSR count). The zero-order valence-electron chi connectivity index (χ0n) is 9.85. The molecule has 0 amide bonds. The van der Waals surface area contributed by atoms with Crippen LogP contribution in [-0.2, 0) is 0 Å². The summed E-state index contributed by atoms with van der Waals surface area (Å²) < 4.78 is 0. The Balaban J connectivity index is 4.09. The molecule has 4 nitrogen and oxygen atoms in total. The fourth-order valence-electron chi connectivity index (χ4n) is 1.01. The molecule has 5 N–H and O–H groups in total. The van der Waals surface area contributed by atoms with Crippen LogP contribution in [0.3, 0.4) is 0 Å². The molecule has 0 aromatic heterocycles. The number of hydrogen-bond donors (Lipinski definition) is 4. The highest BCUT2D eigenvalue weighted by Gasteiger charge is 2.02. The molecular weight excluding hydrogens is 188 g/mol. The van der Waals surface area contributed by atoms with Gasteiger partial charge in [-0.1, -0.05) is 20.1 Å². The molecule has 0 radical (unpaired) electrons. The van der Waals surface area contributed by atoms with E-state index in [9.17, 15) is 0 Å². The lowest BCUT2D eigenvalue weighted by Crippen LogP contribution is -2.43.